The number of nitro groups is 1. The van der Waals surface area contributed by atoms with E-state index in [9.17, 15) is 14.9 Å². The Morgan fingerprint density at radius 1 is 1.03 bits per heavy atom. The van der Waals surface area contributed by atoms with Gasteiger partial charge in [0.15, 0.2) is 5.82 Å². The summed E-state index contributed by atoms with van der Waals surface area (Å²) < 4.78 is 0. The summed E-state index contributed by atoms with van der Waals surface area (Å²) in [5.74, 6) is 1.41. The lowest BCUT2D eigenvalue weighted by Gasteiger charge is -2.32. The Bertz CT molecular complexity index is 1220. The third-order valence-electron chi connectivity index (χ3n) is 6.42. The molecule has 2 aliphatic rings. The Morgan fingerprint density at radius 3 is 2.52 bits per heavy atom. The molecule has 5 rings (SSSR count). The Kier molecular flexibility index (Phi) is 5.50. The van der Waals surface area contributed by atoms with Crippen LogP contribution in [0, 0.1) is 17.0 Å². The van der Waals surface area contributed by atoms with Gasteiger partial charge in [-0.1, -0.05) is 36.4 Å². The van der Waals surface area contributed by atoms with Gasteiger partial charge < -0.3 is 9.80 Å². The highest BCUT2D eigenvalue weighted by atomic mass is 16.6. The van der Waals surface area contributed by atoms with Crippen LogP contribution in [-0.2, 0) is 13.0 Å². The summed E-state index contributed by atoms with van der Waals surface area (Å²) >= 11 is 0. The van der Waals surface area contributed by atoms with Crippen LogP contribution in [-0.4, -0.2) is 45.3 Å². The first-order valence-electron chi connectivity index (χ1n) is 11.3. The zero-order valence-electron chi connectivity index (χ0n) is 18.5. The fraction of sp³-hybridized carbons (Fsp3) is 0.320. The summed E-state index contributed by atoms with van der Waals surface area (Å²) in [5.41, 5.74) is 3.78. The van der Waals surface area contributed by atoms with Gasteiger partial charge >= 0.3 is 0 Å². The molecule has 0 N–H and O–H groups in total. The predicted octanol–water partition coefficient (Wildman–Crippen LogP) is 4.16. The molecule has 0 saturated carbocycles. The van der Waals surface area contributed by atoms with Gasteiger partial charge in [0, 0.05) is 54.4 Å². The molecule has 1 aromatic heterocycles. The smallest absolute Gasteiger partial charge is 0.273 e. The Labute approximate surface area is 192 Å². The number of amides is 1. The average Bonchev–Trinajstić information content (AvgIpc) is 3.38. The SMILES string of the molecule is Cc1ccc(C(=O)N2CCc3nc(-c4ccccc4)nc(N4CCCC4)c3C2)cc1[N+](=O)[O-]. The van der Waals surface area contributed by atoms with Gasteiger partial charge in [-0.3, -0.25) is 14.9 Å². The van der Waals surface area contributed by atoms with Crippen molar-refractivity contribution in [3.05, 3.63) is 81.0 Å². The molecule has 3 aromatic rings. The van der Waals surface area contributed by atoms with Gasteiger partial charge in [-0.15, -0.1) is 0 Å². The molecule has 1 amide bonds. The second-order valence-electron chi connectivity index (χ2n) is 8.59. The van der Waals surface area contributed by atoms with E-state index in [4.69, 9.17) is 9.97 Å². The number of hydrogen-bond donors (Lipinski definition) is 0. The molecular weight excluding hydrogens is 418 g/mol. The number of aryl methyl sites for hydroxylation is 1. The molecule has 1 saturated heterocycles. The van der Waals surface area contributed by atoms with Gasteiger partial charge in [0.05, 0.1) is 17.2 Å². The molecule has 0 aliphatic carbocycles. The van der Waals surface area contributed by atoms with E-state index in [2.05, 4.69) is 4.90 Å². The van der Waals surface area contributed by atoms with Gasteiger partial charge in [0.1, 0.15) is 5.82 Å². The second kappa shape index (κ2) is 8.61. The topological polar surface area (TPSA) is 92.5 Å². The summed E-state index contributed by atoms with van der Waals surface area (Å²) in [7, 11) is 0. The standard InChI is InChI=1S/C25H25N5O3/c1-17-9-10-19(15-22(17)30(32)33)25(31)29-14-11-21-20(16-29)24(28-12-5-6-13-28)27-23(26-21)18-7-3-2-4-8-18/h2-4,7-10,15H,5-6,11-14,16H2,1H3. The normalized spacial score (nSPS) is 15.4. The van der Waals surface area contributed by atoms with Gasteiger partial charge in [0.25, 0.3) is 11.6 Å². The summed E-state index contributed by atoms with van der Waals surface area (Å²) in [6, 6.07) is 14.6. The van der Waals surface area contributed by atoms with Gasteiger partial charge in [-0.05, 0) is 25.8 Å². The van der Waals surface area contributed by atoms with Crippen LogP contribution in [0.15, 0.2) is 48.5 Å². The summed E-state index contributed by atoms with van der Waals surface area (Å²) in [4.78, 5) is 38.0. The van der Waals surface area contributed by atoms with Crippen molar-refractivity contribution in [3.63, 3.8) is 0 Å². The molecule has 8 nitrogen and oxygen atoms in total. The molecule has 2 aliphatic heterocycles. The molecule has 0 bridgehead atoms. The van der Waals surface area contributed by atoms with Crippen molar-refractivity contribution in [3.8, 4) is 11.4 Å². The quantitative estimate of drug-likeness (QED) is 0.444. The maximum atomic E-state index is 13.3. The molecule has 2 aromatic carbocycles. The molecule has 0 unspecified atom stereocenters. The maximum Gasteiger partial charge on any atom is 0.273 e. The largest absolute Gasteiger partial charge is 0.356 e. The number of fused-ring (bicyclic) bond motifs is 1. The van der Waals surface area contributed by atoms with E-state index in [1.807, 2.05) is 30.3 Å². The summed E-state index contributed by atoms with van der Waals surface area (Å²) in [6.07, 6.45) is 2.86. The van der Waals surface area contributed by atoms with Crippen molar-refractivity contribution in [1.29, 1.82) is 0 Å². The maximum absolute atomic E-state index is 13.3. The average molecular weight is 444 g/mol. The number of aromatic nitrogens is 2. The van der Waals surface area contributed by atoms with E-state index < -0.39 is 4.92 Å². The lowest BCUT2D eigenvalue weighted by atomic mass is 10.0. The lowest BCUT2D eigenvalue weighted by molar-refractivity contribution is -0.385. The molecule has 33 heavy (non-hydrogen) atoms. The van der Waals surface area contributed by atoms with Crippen molar-refractivity contribution in [2.75, 3.05) is 24.5 Å². The fourth-order valence-electron chi connectivity index (χ4n) is 4.60. The molecule has 0 radical (unpaired) electrons. The minimum Gasteiger partial charge on any atom is -0.356 e. The van der Waals surface area contributed by atoms with Crippen LogP contribution in [0.5, 0.6) is 0 Å². The number of rotatable bonds is 4. The third kappa shape index (κ3) is 4.04. The molecular formula is C25H25N5O3. The van der Waals surface area contributed by atoms with Crippen LogP contribution in [0.2, 0.25) is 0 Å². The molecule has 0 atom stereocenters. The van der Waals surface area contributed by atoms with Gasteiger partial charge in [-0.2, -0.15) is 0 Å². The van der Waals surface area contributed by atoms with E-state index in [0.29, 0.717) is 36.5 Å². The van der Waals surface area contributed by atoms with Crippen molar-refractivity contribution < 1.29 is 9.72 Å². The lowest BCUT2D eigenvalue weighted by Crippen LogP contribution is -2.38. The Morgan fingerprint density at radius 2 is 1.79 bits per heavy atom. The Hall–Kier alpha value is -3.81. The predicted molar refractivity (Wildman–Crippen MR) is 125 cm³/mol. The molecule has 8 heteroatoms. The summed E-state index contributed by atoms with van der Waals surface area (Å²) in [6.45, 7) is 4.47. The van der Waals surface area contributed by atoms with Crippen LogP contribution in [0.1, 0.15) is 40.0 Å². The summed E-state index contributed by atoms with van der Waals surface area (Å²) in [5, 5.41) is 11.3. The van der Waals surface area contributed by atoms with Crippen LogP contribution in [0.4, 0.5) is 11.5 Å². The first-order valence-corrected chi connectivity index (χ1v) is 11.3. The number of nitro benzene ring substituents is 1. The fourth-order valence-corrected chi connectivity index (χ4v) is 4.60. The zero-order chi connectivity index (χ0) is 22.9. The monoisotopic (exact) mass is 443 g/mol. The number of carbonyl (C=O) groups is 1. The highest BCUT2D eigenvalue weighted by Crippen LogP contribution is 2.32. The number of benzene rings is 2. The number of carbonyl (C=O) groups excluding carboxylic acids is 1. The number of hydrogen-bond acceptors (Lipinski definition) is 6. The highest BCUT2D eigenvalue weighted by Gasteiger charge is 2.30. The van der Waals surface area contributed by atoms with E-state index >= 15 is 0 Å². The Balaban J connectivity index is 1.50. The van der Waals surface area contributed by atoms with Gasteiger partial charge in [-0.25, -0.2) is 9.97 Å². The minimum atomic E-state index is -0.442. The molecule has 1 fully saturated rings. The van der Waals surface area contributed by atoms with E-state index in [-0.39, 0.29) is 11.6 Å². The van der Waals surface area contributed by atoms with Crippen molar-refractivity contribution in [2.45, 2.75) is 32.7 Å². The molecule has 3 heterocycles. The highest BCUT2D eigenvalue weighted by molar-refractivity contribution is 5.95. The van der Waals surface area contributed by atoms with Gasteiger partial charge in [0.2, 0.25) is 0 Å². The van der Waals surface area contributed by atoms with E-state index in [0.717, 1.165) is 48.6 Å². The first-order chi connectivity index (χ1) is 16.0. The van der Waals surface area contributed by atoms with Crippen LogP contribution < -0.4 is 4.90 Å². The number of anilines is 1. The van der Waals surface area contributed by atoms with Crippen LogP contribution in [0.25, 0.3) is 11.4 Å². The van der Waals surface area contributed by atoms with Crippen LogP contribution >= 0.6 is 0 Å². The minimum absolute atomic E-state index is 0.0353. The van der Waals surface area contributed by atoms with Crippen molar-refractivity contribution >= 4 is 17.4 Å². The second-order valence-corrected chi connectivity index (χ2v) is 8.59. The van der Waals surface area contributed by atoms with E-state index in [1.54, 1.807) is 24.0 Å². The zero-order valence-corrected chi connectivity index (χ0v) is 18.5. The van der Waals surface area contributed by atoms with E-state index in [1.165, 1.54) is 6.07 Å². The number of nitrogens with zero attached hydrogens (tertiary/aromatic N) is 5. The van der Waals surface area contributed by atoms with Crippen molar-refractivity contribution in [2.24, 2.45) is 0 Å². The molecule has 168 valence electrons. The van der Waals surface area contributed by atoms with Crippen molar-refractivity contribution in [1.82, 2.24) is 14.9 Å². The van der Waals surface area contributed by atoms with Crippen LogP contribution in [0.3, 0.4) is 0 Å². The third-order valence-corrected chi connectivity index (χ3v) is 6.42. The molecule has 0 spiro atoms. The first kappa shape index (κ1) is 21.1.